The van der Waals surface area contributed by atoms with Gasteiger partial charge in [0.05, 0.1) is 11.6 Å². The number of ether oxygens (including phenoxy) is 1. The van der Waals surface area contributed by atoms with Gasteiger partial charge in [-0.1, -0.05) is 24.6 Å². The van der Waals surface area contributed by atoms with Crippen LogP contribution in [0.15, 0.2) is 41.8 Å². The zero-order valence-electron chi connectivity index (χ0n) is 23.0. The third-order valence-corrected chi connectivity index (χ3v) is 8.91. The Morgan fingerprint density at radius 3 is 2.59 bits per heavy atom. The molecule has 1 aromatic heterocycles. The Morgan fingerprint density at radius 1 is 1.08 bits per heavy atom. The van der Waals surface area contributed by atoms with E-state index in [9.17, 15) is 14.7 Å². The van der Waals surface area contributed by atoms with Crippen molar-refractivity contribution in [3.63, 3.8) is 0 Å². The van der Waals surface area contributed by atoms with Gasteiger partial charge in [0.2, 0.25) is 0 Å². The van der Waals surface area contributed by atoms with Gasteiger partial charge in [-0.15, -0.1) is 11.3 Å². The molecule has 0 spiro atoms. The Morgan fingerprint density at radius 2 is 1.87 bits per heavy atom. The third kappa shape index (κ3) is 6.11. The van der Waals surface area contributed by atoms with Crippen LogP contribution in [0.3, 0.4) is 0 Å². The van der Waals surface area contributed by atoms with E-state index in [1.54, 1.807) is 11.3 Å². The van der Waals surface area contributed by atoms with E-state index in [1.807, 2.05) is 49.1 Å². The molecule has 2 aromatic carbocycles. The monoisotopic (exact) mass is 547 g/mol. The number of anilines is 1. The fraction of sp³-hybridized carbons (Fsp3) is 0.452. The minimum absolute atomic E-state index is 0.0752. The summed E-state index contributed by atoms with van der Waals surface area (Å²) in [5.41, 5.74) is 5.76. The van der Waals surface area contributed by atoms with Crippen molar-refractivity contribution in [1.29, 1.82) is 0 Å². The maximum absolute atomic E-state index is 12.9. The van der Waals surface area contributed by atoms with Gasteiger partial charge in [0, 0.05) is 42.7 Å². The van der Waals surface area contributed by atoms with Crippen LogP contribution in [0, 0.1) is 25.7 Å². The minimum atomic E-state index is -0.706. The number of aliphatic carboxylic acids is 1. The Balaban J connectivity index is 1.29. The minimum Gasteiger partial charge on any atom is -0.488 e. The van der Waals surface area contributed by atoms with Crippen molar-refractivity contribution in [2.75, 3.05) is 31.1 Å². The van der Waals surface area contributed by atoms with Crippen LogP contribution in [0.1, 0.15) is 59.7 Å². The molecule has 2 aliphatic heterocycles. The number of carbonyl (C=O) groups is 2. The number of likely N-dealkylation sites (tertiary alicyclic amines) is 1. The number of carboxylic acids is 1. The second-order valence-electron chi connectivity index (χ2n) is 11.0. The summed E-state index contributed by atoms with van der Waals surface area (Å²) in [5, 5.41) is 12.4. The number of amides is 1. The van der Waals surface area contributed by atoms with E-state index in [0.29, 0.717) is 26.1 Å². The molecular weight excluding hydrogens is 510 g/mol. The lowest BCUT2D eigenvalue weighted by Crippen LogP contribution is -2.42. The molecule has 0 aliphatic carbocycles. The molecule has 2 unspecified atom stereocenters. The Kier molecular flexibility index (Phi) is 8.21. The normalized spacial score (nSPS) is 19.7. The quantitative estimate of drug-likeness (QED) is 0.380. The topological polar surface area (TPSA) is 83.0 Å². The van der Waals surface area contributed by atoms with Crippen molar-refractivity contribution in [1.82, 2.24) is 9.88 Å². The van der Waals surface area contributed by atoms with Gasteiger partial charge < -0.3 is 19.6 Å². The van der Waals surface area contributed by atoms with Crippen LogP contribution in [0.25, 0.3) is 11.3 Å². The number of hydrogen-bond acceptors (Lipinski definition) is 6. The molecule has 39 heavy (non-hydrogen) atoms. The van der Waals surface area contributed by atoms with Crippen LogP contribution in [-0.2, 0) is 11.4 Å². The predicted molar refractivity (Wildman–Crippen MR) is 155 cm³/mol. The van der Waals surface area contributed by atoms with Crippen molar-refractivity contribution in [3.05, 3.63) is 64.0 Å². The molecule has 0 bridgehead atoms. The summed E-state index contributed by atoms with van der Waals surface area (Å²) in [7, 11) is 0. The number of thiazole rings is 1. The molecule has 8 heteroatoms. The SMILES string of the molecule is Cc1ccc(OCc2ccc(C(=O)N3CCCCC3)cc2C)c(-c2csc(N3CCC(C(=O)O)C(C)C3)n2)c1. The van der Waals surface area contributed by atoms with E-state index in [1.165, 1.54) is 6.42 Å². The molecular formula is C31H37N3O4S. The van der Waals surface area contributed by atoms with E-state index < -0.39 is 5.97 Å². The van der Waals surface area contributed by atoms with Crippen LogP contribution < -0.4 is 9.64 Å². The van der Waals surface area contributed by atoms with Gasteiger partial charge in [-0.25, -0.2) is 4.98 Å². The molecule has 3 heterocycles. The van der Waals surface area contributed by atoms with Crippen molar-refractivity contribution < 1.29 is 19.4 Å². The number of rotatable bonds is 7. The summed E-state index contributed by atoms with van der Waals surface area (Å²) in [6.45, 7) is 9.57. The second kappa shape index (κ2) is 11.8. The van der Waals surface area contributed by atoms with E-state index in [0.717, 1.165) is 70.3 Å². The molecule has 0 radical (unpaired) electrons. The highest BCUT2D eigenvalue weighted by Crippen LogP contribution is 2.36. The second-order valence-corrected chi connectivity index (χ2v) is 11.8. The van der Waals surface area contributed by atoms with Gasteiger partial charge in [-0.3, -0.25) is 9.59 Å². The van der Waals surface area contributed by atoms with E-state index in [4.69, 9.17) is 9.72 Å². The molecule has 2 fully saturated rings. The first-order chi connectivity index (χ1) is 18.8. The highest BCUT2D eigenvalue weighted by Gasteiger charge is 2.32. The highest BCUT2D eigenvalue weighted by atomic mass is 32.1. The lowest BCUT2D eigenvalue weighted by atomic mass is 9.87. The van der Waals surface area contributed by atoms with E-state index >= 15 is 0 Å². The summed E-state index contributed by atoms with van der Waals surface area (Å²) < 4.78 is 6.33. The van der Waals surface area contributed by atoms with Gasteiger partial charge in [-0.2, -0.15) is 0 Å². The smallest absolute Gasteiger partial charge is 0.306 e. The highest BCUT2D eigenvalue weighted by molar-refractivity contribution is 7.14. The average Bonchev–Trinajstić information content (AvgIpc) is 3.43. The van der Waals surface area contributed by atoms with Crippen molar-refractivity contribution >= 4 is 28.3 Å². The average molecular weight is 548 g/mol. The summed E-state index contributed by atoms with van der Waals surface area (Å²) in [4.78, 5) is 33.5. The van der Waals surface area contributed by atoms with Crippen LogP contribution >= 0.6 is 11.3 Å². The molecule has 7 nitrogen and oxygen atoms in total. The number of aromatic nitrogens is 1. The number of carboxylic acid groups (broad SMARTS) is 1. The van der Waals surface area contributed by atoms with E-state index in [2.05, 4.69) is 23.3 Å². The molecule has 1 amide bonds. The van der Waals surface area contributed by atoms with Crippen molar-refractivity contribution in [2.45, 2.75) is 53.1 Å². The first-order valence-corrected chi connectivity index (χ1v) is 14.7. The third-order valence-electron chi connectivity index (χ3n) is 8.01. The number of hydrogen-bond donors (Lipinski definition) is 1. The summed E-state index contributed by atoms with van der Waals surface area (Å²) in [5.74, 6) is -0.0404. The van der Waals surface area contributed by atoms with Gasteiger partial charge in [0.15, 0.2) is 5.13 Å². The fourth-order valence-electron chi connectivity index (χ4n) is 5.62. The first kappa shape index (κ1) is 27.2. The molecule has 1 N–H and O–H groups in total. The van der Waals surface area contributed by atoms with Crippen LogP contribution in [0.5, 0.6) is 5.75 Å². The van der Waals surface area contributed by atoms with Crippen LogP contribution in [0.4, 0.5) is 5.13 Å². The number of aryl methyl sites for hydroxylation is 2. The molecule has 2 saturated heterocycles. The molecule has 2 atom stereocenters. The van der Waals surface area contributed by atoms with Gasteiger partial charge in [-0.05, 0) is 80.8 Å². The maximum atomic E-state index is 12.9. The molecule has 2 aliphatic rings. The zero-order valence-corrected chi connectivity index (χ0v) is 23.8. The maximum Gasteiger partial charge on any atom is 0.306 e. The van der Waals surface area contributed by atoms with Crippen LogP contribution in [-0.4, -0.2) is 53.0 Å². The van der Waals surface area contributed by atoms with Crippen LogP contribution in [0.2, 0.25) is 0 Å². The number of piperidine rings is 2. The standard InChI is InChI=1S/C31H37N3O4S/c1-20-7-10-28(38-18-24-9-8-23(16-21(24)2)29(35)33-12-5-4-6-13-33)26(15-20)27-19-39-31(32-27)34-14-11-25(30(36)37)22(3)17-34/h7-10,15-16,19,22,25H,4-6,11-14,17-18H2,1-3H3,(H,36,37). The summed E-state index contributed by atoms with van der Waals surface area (Å²) >= 11 is 1.59. The van der Waals surface area contributed by atoms with Crippen molar-refractivity contribution in [3.8, 4) is 17.0 Å². The fourth-order valence-corrected chi connectivity index (χ4v) is 6.48. The van der Waals surface area contributed by atoms with Gasteiger partial charge in [0.1, 0.15) is 12.4 Å². The number of nitrogens with zero attached hydrogens (tertiary/aromatic N) is 3. The summed E-state index contributed by atoms with van der Waals surface area (Å²) in [6.07, 6.45) is 4.00. The molecule has 206 valence electrons. The molecule has 5 rings (SSSR count). The lowest BCUT2D eigenvalue weighted by Gasteiger charge is -2.34. The first-order valence-electron chi connectivity index (χ1n) is 13.9. The molecule has 3 aromatic rings. The zero-order chi connectivity index (χ0) is 27.5. The van der Waals surface area contributed by atoms with Crippen molar-refractivity contribution in [2.24, 2.45) is 11.8 Å². The van der Waals surface area contributed by atoms with Gasteiger partial charge >= 0.3 is 5.97 Å². The number of benzene rings is 2. The Bertz CT molecular complexity index is 1350. The Hall–Kier alpha value is -3.39. The molecule has 0 saturated carbocycles. The summed E-state index contributed by atoms with van der Waals surface area (Å²) in [6, 6.07) is 12.0. The Labute approximate surface area is 234 Å². The predicted octanol–water partition coefficient (Wildman–Crippen LogP) is 6.18. The largest absolute Gasteiger partial charge is 0.488 e. The lowest BCUT2D eigenvalue weighted by molar-refractivity contribution is -0.144. The van der Waals surface area contributed by atoms with E-state index in [-0.39, 0.29) is 17.7 Å². The van der Waals surface area contributed by atoms with Gasteiger partial charge in [0.25, 0.3) is 5.91 Å². The number of carbonyl (C=O) groups excluding carboxylic acids is 1.